The van der Waals surface area contributed by atoms with E-state index in [9.17, 15) is 0 Å². The van der Waals surface area contributed by atoms with Crippen LogP contribution in [0.25, 0.3) is 0 Å². The van der Waals surface area contributed by atoms with Crippen LogP contribution in [0.5, 0.6) is 0 Å². The van der Waals surface area contributed by atoms with Gasteiger partial charge in [0.05, 0.1) is 10.2 Å². The first-order valence-electron chi connectivity index (χ1n) is 5.11. The molecule has 1 N–H and O–H groups in total. The van der Waals surface area contributed by atoms with Gasteiger partial charge in [0, 0.05) is 11.4 Å². The average Bonchev–Trinajstić information content (AvgIpc) is 2.73. The third-order valence-corrected chi connectivity index (χ3v) is 5.14. The molecule has 1 saturated carbocycles. The van der Waals surface area contributed by atoms with Gasteiger partial charge in [-0.2, -0.15) is 11.8 Å². The van der Waals surface area contributed by atoms with Gasteiger partial charge in [-0.15, -0.1) is 0 Å². The molecule has 1 aliphatic rings. The van der Waals surface area contributed by atoms with Crippen molar-refractivity contribution in [1.82, 2.24) is 9.97 Å². The molecule has 2 nitrogen and oxygen atoms in total. The minimum absolute atomic E-state index is 0.743. The number of aromatic nitrogens is 2. The van der Waals surface area contributed by atoms with Crippen molar-refractivity contribution in [3.8, 4) is 0 Å². The Morgan fingerprint density at radius 2 is 2.27 bits per heavy atom. The van der Waals surface area contributed by atoms with Crippen LogP contribution in [-0.2, 0) is 5.75 Å². The summed E-state index contributed by atoms with van der Waals surface area (Å²) >= 11 is 10.5. The molecule has 1 aliphatic carbocycles. The predicted molar refractivity (Wildman–Crippen MR) is 70.7 cm³/mol. The van der Waals surface area contributed by atoms with Gasteiger partial charge < -0.3 is 4.98 Å². The molecule has 0 unspecified atom stereocenters. The van der Waals surface area contributed by atoms with Gasteiger partial charge in [-0.05, 0) is 28.8 Å². The number of H-pyrrole nitrogens is 1. The standard InChI is InChI=1S/C10H13BrN2S2/c11-8-5-12-9(13-10(8)14)6-15-7-3-1-2-4-7/h5,7H,1-4,6H2,(H,12,13,14). The van der Waals surface area contributed by atoms with Crippen molar-refractivity contribution >= 4 is 39.9 Å². The Labute approximate surface area is 107 Å². The highest BCUT2D eigenvalue weighted by Crippen LogP contribution is 2.30. The van der Waals surface area contributed by atoms with Crippen molar-refractivity contribution in [1.29, 1.82) is 0 Å². The fraction of sp³-hybridized carbons (Fsp3) is 0.600. The molecule has 0 atom stereocenters. The molecule has 2 rings (SSSR count). The average molecular weight is 305 g/mol. The Bertz CT molecular complexity index is 385. The highest BCUT2D eigenvalue weighted by atomic mass is 79.9. The quantitative estimate of drug-likeness (QED) is 0.853. The van der Waals surface area contributed by atoms with E-state index in [1.807, 2.05) is 11.8 Å². The molecule has 1 aromatic heterocycles. The zero-order valence-corrected chi connectivity index (χ0v) is 11.6. The summed E-state index contributed by atoms with van der Waals surface area (Å²) in [4.78, 5) is 7.45. The smallest absolute Gasteiger partial charge is 0.120 e. The molecule has 0 radical (unpaired) electrons. The summed E-state index contributed by atoms with van der Waals surface area (Å²) in [5.74, 6) is 1.93. The summed E-state index contributed by atoms with van der Waals surface area (Å²) in [5, 5.41) is 0.831. The van der Waals surface area contributed by atoms with Gasteiger partial charge in [0.2, 0.25) is 0 Å². The van der Waals surface area contributed by atoms with Crippen LogP contribution >= 0.6 is 39.9 Å². The van der Waals surface area contributed by atoms with Gasteiger partial charge in [0.1, 0.15) is 10.5 Å². The maximum absolute atomic E-state index is 5.14. The van der Waals surface area contributed by atoms with Crippen LogP contribution in [0.3, 0.4) is 0 Å². The van der Waals surface area contributed by atoms with E-state index >= 15 is 0 Å². The Balaban J connectivity index is 1.93. The number of hydrogen-bond acceptors (Lipinski definition) is 3. The van der Waals surface area contributed by atoms with Crippen molar-refractivity contribution in [2.75, 3.05) is 0 Å². The van der Waals surface area contributed by atoms with Crippen molar-refractivity contribution in [3.63, 3.8) is 0 Å². The first-order chi connectivity index (χ1) is 7.25. The lowest BCUT2D eigenvalue weighted by Gasteiger charge is -2.07. The van der Waals surface area contributed by atoms with Gasteiger partial charge >= 0.3 is 0 Å². The van der Waals surface area contributed by atoms with E-state index in [-0.39, 0.29) is 0 Å². The second kappa shape index (κ2) is 5.46. The second-order valence-electron chi connectivity index (χ2n) is 3.72. The molecule has 5 heteroatoms. The molecule has 15 heavy (non-hydrogen) atoms. The number of rotatable bonds is 3. The number of halogens is 1. The van der Waals surface area contributed by atoms with E-state index in [1.54, 1.807) is 6.20 Å². The highest BCUT2D eigenvalue weighted by molar-refractivity contribution is 9.10. The van der Waals surface area contributed by atoms with E-state index in [0.717, 1.165) is 25.9 Å². The third kappa shape index (κ3) is 3.29. The van der Waals surface area contributed by atoms with Crippen molar-refractivity contribution in [3.05, 3.63) is 21.1 Å². The minimum atomic E-state index is 0.743. The van der Waals surface area contributed by atoms with Crippen molar-refractivity contribution in [2.45, 2.75) is 36.7 Å². The summed E-state index contributed by atoms with van der Waals surface area (Å²) in [6.07, 6.45) is 7.29. The van der Waals surface area contributed by atoms with Crippen molar-refractivity contribution < 1.29 is 0 Å². The molecule has 0 aromatic carbocycles. The predicted octanol–water partition coefficient (Wildman–Crippen LogP) is 4.08. The number of nitrogens with one attached hydrogen (secondary N) is 1. The van der Waals surface area contributed by atoms with E-state index in [2.05, 4.69) is 25.9 Å². The monoisotopic (exact) mass is 304 g/mol. The molecule has 82 valence electrons. The fourth-order valence-corrected chi connectivity index (χ4v) is 3.32. The van der Waals surface area contributed by atoms with Gasteiger partial charge in [-0.25, -0.2) is 4.98 Å². The number of thioether (sulfide) groups is 1. The molecule has 0 aliphatic heterocycles. The first kappa shape index (κ1) is 11.6. The summed E-state index contributed by atoms with van der Waals surface area (Å²) in [6.45, 7) is 0. The molecule has 1 heterocycles. The zero-order valence-electron chi connectivity index (χ0n) is 8.33. The van der Waals surface area contributed by atoms with E-state index in [4.69, 9.17) is 12.2 Å². The molecule has 0 bridgehead atoms. The van der Waals surface area contributed by atoms with E-state index in [1.165, 1.54) is 25.7 Å². The fourth-order valence-electron chi connectivity index (χ4n) is 1.74. The van der Waals surface area contributed by atoms with Gasteiger partial charge in [0.15, 0.2) is 0 Å². The molecule has 0 amide bonds. The van der Waals surface area contributed by atoms with Crippen LogP contribution in [-0.4, -0.2) is 15.2 Å². The normalized spacial score (nSPS) is 17.1. The second-order valence-corrected chi connectivity index (χ2v) is 6.28. The molecule has 0 saturated heterocycles. The van der Waals surface area contributed by atoms with Gasteiger partial charge in [-0.1, -0.05) is 25.1 Å². The molecular formula is C10H13BrN2S2. The van der Waals surface area contributed by atoms with Crippen molar-refractivity contribution in [2.24, 2.45) is 0 Å². The molecule has 0 spiro atoms. The first-order valence-corrected chi connectivity index (χ1v) is 7.36. The summed E-state index contributed by atoms with van der Waals surface area (Å²) < 4.78 is 1.61. The largest absolute Gasteiger partial charge is 0.333 e. The Morgan fingerprint density at radius 1 is 1.53 bits per heavy atom. The maximum atomic E-state index is 5.14. The Hall–Kier alpha value is 0.130. The maximum Gasteiger partial charge on any atom is 0.120 e. The summed E-state index contributed by atoms with van der Waals surface area (Å²) in [5.41, 5.74) is 0. The Morgan fingerprint density at radius 3 is 2.93 bits per heavy atom. The molecule has 1 aromatic rings. The summed E-state index contributed by atoms with van der Waals surface area (Å²) in [7, 11) is 0. The van der Waals surface area contributed by atoms with E-state index < -0.39 is 0 Å². The topological polar surface area (TPSA) is 28.7 Å². The SMILES string of the molecule is S=c1[nH]c(CSC2CCCC2)ncc1Br. The van der Waals surface area contributed by atoms with Crippen LogP contribution in [0.1, 0.15) is 31.5 Å². The van der Waals surface area contributed by atoms with E-state index in [0.29, 0.717) is 0 Å². The number of aromatic amines is 1. The zero-order chi connectivity index (χ0) is 10.7. The third-order valence-electron chi connectivity index (χ3n) is 2.57. The lowest BCUT2D eigenvalue weighted by molar-refractivity contribution is 0.886. The lowest BCUT2D eigenvalue weighted by Crippen LogP contribution is -1.98. The van der Waals surface area contributed by atoms with Gasteiger partial charge in [0.25, 0.3) is 0 Å². The number of nitrogens with zero attached hydrogens (tertiary/aromatic N) is 1. The van der Waals surface area contributed by atoms with Crippen LogP contribution in [0.15, 0.2) is 10.7 Å². The Kier molecular flexibility index (Phi) is 4.22. The number of hydrogen-bond donors (Lipinski definition) is 1. The minimum Gasteiger partial charge on any atom is -0.333 e. The highest BCUT2D eigenvalue weighted by Gasteiger charge is 2.15. The van der Waals surface area contributed by atoms with Crippen LogP contribution in [0, 0.1) is 4.64 Å². The van der Waals surface area contributed by atoms with Crippen LogP contribution in [0.2, 0.25) is 0 Å². The van der Waals surface area contributed by atoms with Crippen LogP contribution < -0.4 is 0 Å². The lowest BCUT2D eigenvalue weighted by atomic mass is 10.4. The van der Waals surface area contributed by atoms with Crippen LogP contribution in [0.4, 0.5) is 0 Å². The summed E-state index contributed by atoms with van der Waals surface area (Å²) in [6, 6.07) is 0. The van der Waals surface area contributed by atoms with Gasteiger partial charge in [-0.3, -0.25) is 0 Å². The molecular weight excluding hydrogens is 292 g/mol. The molecule has 1 fully saturated rings.